The fourth-order valence-corrected chi connectivity index (χ4v) is 3.65. The van der Waals surface area contributed by atoms with Gasteiger partial charge in [0, 0.05) is 39.1 Å². The highest BCUT2D eigenvalue weighted by atomic mass is 16.5. The third kappa shape index (κ3) is 4.76. The minimum atomic E-state index is -0.489. The van der Waals surface area contributed by atoms with Crippen molar-refractivity contribution >= 4 is 11.8 Å². The third-order valence-electron chi connectivity index (χ3n) is 5.62. The Hall–Kier alpha value is -2.87. The van der Waals surface area contributed by atoms with Crippen molar-refractivity contribution in [3.05, 3.63) is 47.0 Å². The lowest BCUT2D eigenvalue weighted by Crippen LogP contribution is -2.56. The summed E-state index contributed by atoms with van der Waals surface area (Å²) in [6.07, 6.45) is 3.52. The van der Waals surface area contributed by atoms with Crippen molar-refractivity contribution in [1.82, 2.24) is 25.1 Å². The summed E-state index contributed by atoms with van der Waals surface area (Å²) in [5.74, 6) is 1.39. The zero-order valence-corrected chi connectivity index (χ0v) is 17.5. The van der Waals surface area contributed by atoms with E-state index >= 15 is 0 Å². The van der Waals surface area contributed by atoms with Crippen LogP contribution in [0.2, 0.25) is 0 Å². The molecular weight excluding hydrogens is 370 g/mol. The fourth-order valence-electron chi connectivity index (χ4n) is 3.65. The molecule has 29 heavy (non-hydrogen) atoms. The molecule has 0 bridgehead atoms. The van der Waals surface area contributed by atoms with Gasteiger partial charge in [0.25, 0.3) is 0 Å². The van der Waals surface area contributed by atoms with Gasteiger partial charge in [-0.05, 0) is 36.6 Å². The maximum Gasteiger partial charge on any atom is 0.237 e. The first-order valence-electron chi connectivity index (χ1n) is 9.77. The van der Waals surface area contributed by atoms with Gasteiger partial charge in [-0.25, -0.2) is 4.98 Å². The van der Waals surface area contributed by atoms with E-state index in [-0.39, 0.29) is 18.2 Å². The van der Waals surface area contributed by atoms with Gasteiger partial charge in [0.05, 0.1) is 26.1 Å². The van der Waals surface area contributed by atoms with Crippen LogP contribution in [0.4, 0.5) is 0 Å². The number of imidazole rings is 1. The number of rotatable bonds is 7. The van der Waals surface area contributed by atoms with Crippen molar-refractivity contribution in [1.29, 1.82) is 0 Å². The van der Waals surface area contributed by atoms with Crippen molar-refractivity contribution in [3.8, 4) is 5.75 Å². The topological polar surface area (TPSA) is 90.6 Å². The maximum atomic E-state index is 12.7. The van der Waals surface area contributed by atoms with Crippen molar-refractivity contribution in [2.75, 3.05) is 27.2 Å². The standard InChI is InChI=1S/C21H29N5O3/c1-14-15(2)18(29-4)6-5-16(14)12-26-10-9-24-21(28)17(26)11-20(27)25(3)13-19-22-7-8-23-19/h5-8,17H,9-13H2,1-4H3,(H,22,23)(H,24,28). The lowest BCUT2D eigenvalue weighted by atomic mass is 10.00. The minimum Gasteiger partial charge on any atom is -0.496 e. The molecule has 1 fully saturated rings. The van der Waals surface area contributed by atoms with E-state index in [1.807, 2.05) is 19.1 Å². The molecule has 2 heterocycles. The van der Waals surface area contributed by atoms with E-state index in [0.29, 0.717) is 26.2 Å². The number of piperazine rings is 1. The van der Waals surface area contributed by atoms with E-state index in [9.17, 15) is 9.59 Å². The molecule has 1 saturated heterocycles. The molecule has 2 amide bonds. The number of benzene rings is 1. The van der Waals surface area contributed by atoms with E-state index in [0.717, 1.165) is 28.3 Å². The van der Waals surface area contributed by atoms with Gasteiger partial charge < -0.3 is 19.9 Å². The molecule has 0 saturated carbocycles. The van der Waals surface area contributed by atoms with E-state index in [1.54, 1.807) is 31.5 Å². The van der Waals surface area contributed by atoms with Gasteiger partial charge in [-0.15, -0.1) is 0 Å². The van der Waals surface area contributed by atoms with Gasteiger partial charge in [0.1, 0.15) is 11.6 Å². The van der Waals surface area contributed by atoms with Gasteiger partial charge >= 0.3 is 0 Å². The average molecular weight is 399 g/mol. The van der Waals surface area contributed by atoms with Crippen molar-refractivity contribution in [2.24, 2.45) is 0 Å². The summed E-state index contributed by atoms with van der Waals surface area (Å²) >= 11 is 0. The second-order valence-electron chi connectivity index (χ2n) is 7.44. The predicted octanol–water partition coefficient (Wildman–Crippen LogP) is 1.38. The second kappa shape index (κ2) is 9.09. The lowest BCUT2D eigenvalue weighted by molar-refractivity contribution is -0.138. The second-order valence-corrected chi connectivity index (χ2v) is 7.44. The summed E-state index contributed by atoms with van der Waals surface area (Å²) < 4.78 is 5.40. The highest BCUT2D eigenvalue weighted by Gasteiger charge is 2.32. The van der Waals surface area contributed by atoms with Gasteiger partial charge in [0.2, 0.25) is 11.8 Å². The predicted molar refractivity (Wildman–Crippen MR) is 109 cm³/mol. The summed E-state index contributed by atoms with van der Waals surface area (Å²) in [5, 5.41) is 2.89. The van der Waals surface area contributed by atoms with Crippen LogP contribution in [0.15, 0.2) is 24.5 Å². The van der Waals surface area contributed by atoms with Gasteiger partial charge in [0.15, 0.2) is 0 Å². The van der Waals surface area contributed by atoms with Crippen molar-refractivity contribution in [2.45, 2.75) is 39.4 Å². The molecule has 0 spiro atoms. The first-order valence-corrected chi connectivity index (χ1v) is 9.77. The first-order chi connectivity index (χ1) is 13.9. The number of nitrogens with one attached hydrogen (secondary N) is 2. The highest BCUT2D eigenvalue weighted by molar-refractivity contribution is 5.88. The van der Waals surface area contributed by atoms with Crippen LogP contribution < -0.4 is 10.1 Å². The Morgan fingerprint density at radius 2 is 2.14 bits per heavy atom. The molecular formula is C21H29N5O3. The van der Waals surface area contributed by atoms with Gasteiger partial charge in [-0.2, -0.15) is 0 Å². The molecule has 1 aromatic heterocycles. The van der Waals surface area contributed by atoms with Crippen LogP contribution in [0.25, 0.3) is 0 Å². The summed E-state index contributed by atoms with van der Waals surface area (Å²) in [6.45, 7) is 6.39. The molecule has 0 radical (unpaired) electrons. The number of amides is 2. The average Bonchev–Trinajstić information content (AvgIpc) is 3.21. The number of aromatic amines is 1. The summed E-state index contributed by atoms with van der Waals surface area (Å²) in [7, 11) is 3.39. The maximum absolute atomic E-state index is 12.7. The number of carbonyl (C=O) groups is 2. The van der Waals surface area contributed by atoms with E-state index < -0.39 is 6.04 Å². The molecule has 0 aliphatic carbocycles. The van der Waals surface area contributed by atoms with Crippen LogP contribution in [-0.2, 0) is 22.7 Å². The Labute approximate surface area is 171 Å². The van der Waals surface area contributed by atoms with Crippen molar-refractivity contribution < 1.29 is 14.3 Å². The van der Waals surface area contributed by atoms with Crippen LogP contribution >= 0.6 is 0 Å². The molecule has 156 valence electrons. The third-order valence-corrected chi connectivity index (χ3v) is 5.62. The fraction of sp³-hybridized carbons (Fsp3) is 0.476. The number of aromatic nitrogens is 2. The molecule has 2 N–H and O–H groups in total. The molecule has 3 rings (SSSR count). The molecule has 8 nitrogen and oxygen atoms in total. The zero-order chi connectivity index (χ0) is 21.0. The van der Waals surface area contributed by atoms with E-state index in [1.165, 1.54) is 0 Å². The molecule has 1 atom stereocenters. The summed E-state index contributed by atoms with van der Waals surface area (Å²) in [6, 6.07) is 3.51. The number of H-pyrrole nitrogens is 1. The monoisotopic (exact) mass is 399 g/mol. The largest absolute Gasteiger partial charge is 0.496 e. The Morgan fingerprint density at radius 3 is 2.83 bits per heavy atom. The first kappa shape index (κ1) is 20.9. The smallest absolute Gasteiger partial charge is 0.237 e. The number of methoxy groups -OCH3 is 1. The number of nitrogens with zero attached hydrogens (tertiary/aromatic N) is 3. The lowest BCUT2D eigenvalue weighted by Gasteiger charge is -2.35. The van der Waals surface area contributed by atoms with Gasteiger partial charge in [-0.1, -0.05) is 6.07 Å². The SMILES string of the molecule is COc1ccc(CN2CCNC(=O)C2CC(=O)N(C)Cc2ncc[nH]2)c(C)c1C. The van der Waals surface area contributed by atoms with Crippen LogP contribution in [0, 0.1) is 13.8 Å². The van der Waals surface area contributed by atoms with Crippen LogP contribution in [-0.4, -0.2) is 64.9 Å². The minimum absolute atomic E-state index is 0.0870. The number of carbonyl (C=O) groups excluding carboxylic acids is 2. The van der Waals surface area contributed by atoms with E-state index in [2.05, 4.69) is 27.1 Å². The van der Waals surface area contributed by atoms with Crippen LogP contribution in [0.3, 0.4) is 0 Å². The van der Waals surface area contributed by atoms with Crippen LogP contribution in [0.5, 0.6) is 5.75 Å². The molecule has 8 heteroatoms. The Bertz CT molecular complexity index is 865. The molecule has 1 unspecified atom stereocenters. The number of hydrogen-bond acceptors (Lipinski definition) is 5. The summed E-state index contributed by atoms with van der Waals surface area (Å²) in [4.78, 5) is 36.1. The van der Waals surface area contributed by atoms with E-state index in [4.69, 9.17) is 4.74 Å². The normalized spacial score (nSPS) is 17.1. The Morgan fingerprint density at radius 1 is 1.34 bits per heavy atom. The molecule has 1 aliphatic heterocycles. The quantitative estimate of drug-likeness (QED) is 0.734. The molecule has 2 aromatic rings. The molecule has 1 aromatic carbocycles. The van der Waals surface area contributed by atoms with Gasteiger partial charge in [-0.3, -0.25) is 14.5 Å². The highest BCUT2D eigenvalue weighted by Crippen LogP contribution is 2.26. The number of ether oxygens (including phenoxy) is 1. The Balaban J connectivity index is 1.71. The Kier molecular flexibility index (Phi) is 6.53. The summed E-state index contributed by atoms with van der Waals surface area (Å²) in [5.41, 5.74) is 3.38. The van der Waals surface area contributed by atoms with Crippen LogP contribution in [0.1, 0.15) is 28.9 Å². The number of hydrogen-bond donors (Lipinski definition) is 2. The van der Waals surface area contributed by atoms with Crippen molar-refractivity contribution in [3.63, 3.8) is 0 Å². The molecule has 1 aliphatic rings. The zero-order valence-electron chi connectivity index (χ0n) is 17.5.